The third-order valence-electron chi connectivity index (χ3n) is 7.19. The van der Waals surface area contributed by atoms with Gasteiger partial charge in [-0.05, 0) is 90.8 Å². The second-order valence-electron chi connectivity index (χ2n) is 9.84. The molecule has 0 aromatic heterocycles. The van der Waals surface area contributed by atoms with E-state index >= 15 is 0 Å². The van der Waals surface area contributed by atoms with E-state index in [1.54, 1.807) is 0 Å². The Bertz CT molecular complexity index is 709. The van der Waals surface area contributed by atoms with Gasteiger partial charge in [0, 0.05) is 0 Å². The number of hydrogen-bond acceptors (Lipinski definition) is 2. The molecular weight excluding hydrogens is 360 g/mol. The molecule has 0 radical (unpaired) electrons. The summed E-state index contributed by atoms with van der Waals surface area (Å²) in [5.41, 5.74) is 6.42. The summed E-state index contributed by atoms with van der Waals surface area (Å²) in [5, 5.41) is 11.4. The number of aromatic hydroxyl groups is 1. The number of allylic oxidation sites excluding steroid dienone is 2. The van der Waals surface area contributed by atoms with Gasteiger partial charge in [0.05, 0.1) is 5.56 Å². The van der Waals surface area contributed by atoms with E-state index in [1.165, 1.54) is 42.4 Å². The Balaban J connectivity index is 2.18. The maximum Gasteiger partial charge on any atom is 0.258 e. The summed E-state index contributed by atoms with van der Waals surface area (Å²) in [4.78, 5) is 0. The molecule has 0 saturated heterocycles. The summed E-state index contributed by atoms with van der Waals surface area (Å²) in [6.07, 6.45) is 11.5. The molecule has 0 atom stereocenters. The van der Waals surface area contributed by atoms with E-state index in [4.69, 9.17) is 4.43 Å². The maximum absolute atomic E-state index is 11.4. The van der Waals surface area contributed by atoms with Gasteiger partial charge in [0.25, 0.3) is 8.32 Å². The van der Waals surface area contributed by atoms with Gasteiger partial charge in [-0.2, -0.15) is 0 Å². The Morgan fingerprint density at radius 1 is 0.857 bits per heavy atom. The lowest BCUT2D eigenvalue weighted by molar-refractivity contribution is 0.442. The number of rotatable bonds is 6. The van der Waals surface area contributed by atoms with Crippen molar-refractivity contribution in [2.75, 3.05) is 0 Å². The van der Waals surface area contributed by atoms with Gasteiger partial charge < -0.3 is 9.53 Å². The van der Waals surface area contributed by atoms with E-state index < -0.39 is 8.32 Å². The van der Waals surface area contributed by atoms with Crippen LogP contribution in [0.2, 0.25) is 16.6 Å². The molecule has 2 aliphatic rings. The highest BCUT2D eigenvalue weighted by Gasteiger charge is 2.47. The highest BCUT2D eigenvalue weighted by molar-refractivity contribution is 6.78. The first-order valence-corrected chi connectivity index (χ1v) is 13.7. The fourth-order valence-electron chi connectivity index (χ4n) is 5.86. The molecule has 0 amide bonds. The minimum Gasteiger partial charge on any atom is -0.542 e. The molecule has 3 heteroatoms. The molecule has 1 aromatic rings. The average Bonchev–Trinajstić information content (AvgIpc) is 2.66. The van der Waals surface area contributed by atoms with Crippen LogP contribution in [0.3, 0.4) is 0 Å². The van der Waals surface area contributed by atoms with Gasteiger partial charge in [-0.15, -0.1) is 0 Å². The fourth-order valence-corrected chi connectivity index (χ4v) is 11.1. The smallest absolute Gasteiger partial charge is 0.258 e. The molecular formula is C25H40O2Si. The van der Waals surface area contributed by atoms with E-state index in [-0.39, 0.29) is 0 Å². The first-order chi connectivity index (χ1) is 13.3. The number of phenols is 1. The summed E-state index contributed by atoms with van der Waals surface area (Å²) in [6, 6.07) is 2.31. The number of benzene rings is 1. The number of hydrogen-bond donors (Lipinski definition) is 1. The zero-order chi connectivity index (χ0) is 20.5. The predicted molar refractivity (Wildman–Crippen MR) is 123 cm³/mol. The molecule has 2 aliphatic carbocycles. The number of fused-ring (bicyclic) bond motifs is 1. The fraction of sp³-hybridized carbons (Fsp3) is 0.680. The van der Waals surface area contributed by atoms with Crippen LogP contribution >= 0.6 is 0 Å². The third-order valence-corrected chi connectivity index (χ3v) is 13.2. The minimum absolute atomic E-state index is 0.527. The predicted octanol–water partition coefficient (Wildman–Crippen LogP) is 7.78. The molecule has 0 unspecified atom stereocenters. The van der Waals surface area contributed by atoms with Crippen LogP contribution in [0.15, 0.2) is 12.1 Å². The summed E-state index contributed by atoms with van der Waals surface area (Å²) < 4.78 is 7.16. The zero-order valence-corrected chi connectivity index (χ0v) is 19.9. The van der Waals surface area contributed by atoms with Gasteiger partial charge in [-0.25, -0.2) is 0 Å². The molecule has 0 saturated carbocycles. The minimum atomic E-state index is -2.07. The highest BCUT2D eigenvalue weighted by atomic mass is 28.4. The molecule has 2 nitrogen and oxygen atoms in total. The van der Waals surface area contributed by atoms with Gasteiger partial charge in [0.1, 0.15) is 11.5 Å². The second kappa shape index (κ2) is 8.65. The van der Waals surface area contributed by atoms with Crippen molar-refractivity contribution < 1.29 is 9.53 Å². The van der Waals surface area contributed by atoms with Crippen LogP contribution in [0, 0.1) is 0 Å². The molecule has 3 rings (SSSR count). The van der Waals surface area contributed by atoms with Gasteiger partial charge in [-0.3, -0.25) is 0 Å². The largest absolute Gasteiger partial charge is 0.542 e. The van der Waals surface area contributed by atoms with Gasteiger partial charge in [0.2, 0.25) is 0 Å². The molecule has 28 heavy (non-hydrogen) atoms. The van der Waals surface area contributed by atoms with Crippen molar-refractivity contribution in [1.29, 1.82) is 0 Å². The summed E-state index contributed by atoms with van der Waals surface area (Å²) in [6.45, 7) is 14.0. The lowest BCUT2D eigenvalue weighted by Gasteiger charge is -2.43. The van der Waals surface area contributed by atoms with Crippen molar-refractivity contribution in [3.05, 3.63) is 28.8 Å². The molecule has 0 heterocycles. The van der Waals surface area contributed by atoms with Crippen molar-refractivity contribution in [2.45, 2.75) is 110 Å². The summed E-state index contributed by atoms with van der Waals surface area (Å²) >= 11 is 0. The van der Waals surface area contributed by atoms with Gasteiger partial charge in [-0.1, -0.05) is 47.6 Å². The van der Waals surface area contributed by atoms with Crippen molar-refractivity contribution in [3.63, 3.8) is 0 Å². The second-order valence-corrected chi connectivity index (χ2v) is 15.2. The first-order valence-electron chi connectivity index (χ1n) is 11.5. The van der Waals surface area contributed by atoms with Crippen LogP contribution in [-0.2, 0) is 12.8 Å². The Hall–Kier alpha value is -1.22. The average molecular weight is 401 g/mol. The van der Waals surface area contributed by atoms with Crippen molar-refractivity contribution in [2.24, 2.45) is 0 Å². The quantitative estimate of drug-likeness (QED) is 0.494. The van der Waals surface area contributed by atoms with Crippen LogP contribution in [0.4, 0.5) is 0 Å². The number of aryl methyl sites for hydroxylation is 1. The summed E-state index contributed by atoms with van der Waals surface area (Å²) in [5.74, 6) is 1.51. The van der Waals surface area contributed by atoms with E-state index in [0.717, 1.165) is 37.0 Å². The van der Waals surface area contributed by atoms with Crippen LogP contribution in [0.25, 0.3) is 5.57 Å². The molecule has 0 aliphatic heterocycles. The Labute approximate surface area is 173 Å². The van der Waals surface area contributed by atoms with Crippen molar-refractivity contribution in [1.82, 2.24) is 0 Å². The molecule has 156 valence electrons. The van der Waals surface area contributed by atoms with Crippen LogP contribution in [-0.4, -0.2) is 13.4 Å². The van der Waals surface area contributed by atoms with Crippen LogP contribution in [0.1, 0.15) is 96.8 Å². The van der Waals surface area contributed by atoms with Crippen molar-refractivity contribution >= 4 is 13.9 Å². The van der Waals surface area contributed by atoms with E-state index in [9.17, 15) is 5.11 Å². The normalized spacial score (nSPS) is 17.8. The lowest BCUT2D eigenvalue weighted by Crippen LogP contribution is -2.50. The van der Waals surface area contributed by atoms with Crippen molar-refractivity contribution in [3.8, 4) is 11.5 Å². The van der Waals surface area contributed by atoms with E-state index in [2.05, 4.69) is 53.7 Å². The summed E-state index contributed by atoms with van der Waals surface area (Å²) in [7, 11) is -2.07. The molecule has 1 aromatic carbocycles. The van der Waals surface area contributed by atoms with E-state index in [0.29, 0.717) is 22.4 Å². The molecule has 0 fully saturated rings. The maximum atomic E-state index is 11.4. The molecule has 0 spiro atoms. The Morgan fingerprint density at radius 3 is 2.04 bits per heavy atom. The monoisotopic (exact) mass is 400 g/mol. The van der Waals surface area contributed by atoms with E-state index in [1.807, 2.05) is 0 Å². The number of phenolic OH excluding ortho intramolecular Hbond substituents is 1. The van der Waals surface area contributed by atoms with Gasteiger partial charge >= 0.3 is 0 Å². The first kappa shape index (κ1) is 21.5. The molecule has 0 bridgehead atoms. The van der Waals surface area contributed by atoms with Gasteiger partial charge in [0.15, 0.2) is 0 Å². The molecule has 1 N–H and O–H groups in total. The topological polar surface area (TPSA) is 29.5 Å². The van der Waals surface area contributed by atoms with Crippen LogP contribution < -0.4 is 4.43 Å². The third kappa shape index (κ3) is 3.79. The Kier molecular flexibility index (Phi) is 6.64. The standard InChI is InChI=1S/C25H40O2Si/c1-17(2)28(18(3)4,19(5)6)27-23-16-21-14-10-11-15-22(21)25(26)24(23)20-12-8-7-9-13-20/h12,16-19,26H,7-11,13-15H2,1-6H3. The van der Waals surface area contributed by atoms with Crippen LogP contribution in [0.5, 0.6) is 11.5 Å². The highest BCUT2D eigenvalue weighted by Crippen LogP contribution is 2.49. The Morgan fingerprint density at radius 2 is 1.46 bits per heavy atom. The lowest BCUT2D eigenvalue weighted by atomic mass is 9.85. The zero-order valence-electron chi connectivity index (χ0n) is 18.9. The SMILES string of the molecule is CC(C)[Si](Oc1cc2c(c(O)c1C1=CCCCC1)CCCC2)(C(C)C)C(C)C.